The molecule has 0 radical (unpaired) electrons. The van der Waals surface area contributed by atoms with Crippen LogP contribution in [0.25, 0.3) is 10.9 Å². The molecule has 144 valence electrons. The number of amides is 1. The van der Waals surface area contributed by atoms with Gasteiger partial charge in [0.15, 0.2) is 0 Å². The van der Waals surface area contributed by atoms with E-state index in [2.05, 4.69) is 27.3 Å². The van der Waals surface area contributed by atoms with Crippen LogP contribution in [-0.4, -0.2) is 28.9 Å². The minimum Gasteiger partial charge on any atom is -0.360 e. The van der Waals surface area contributed by atoms with E-state index < -0.39 is 17.2 Å². The molecule has 1 amide bonds. The number of pyridine rings is 1. The summed E-state index contributed by atoms with van der Waals surface area (Å²) >= 11 is 0. The second kappa shape index (κ2) is 7.94. The predicted molar refractivity (Wildman–Crippen MR) is 107 cm³/mol. The van der Waals surface area contributed by atoms with Crippen molar-refractivity contribution in [2.24, 2.45) is 0 Å². The van der Waals surface area contributed by atoms with Crippen molar-refractivity contribution in [1.29, 1.82) is 0 Å². The quantitative estimate of drug-likeness (QED) is 0.716. The van der Waals surface area contributed by atoms with Gasteiger partial charge < -0.3 is 10.3 Å². The van der Waals surface area contributed by atoms with Gasteiger partial charge in [-0.1, -0.05) is 24.3 Å². The minimum atomic E-state index is -0.510. The molecular formula is C22H22FN3O2. The maximum absolute atomic E-state index is 13.4. The zero-order valence-corrected chi connectivity index (χ0v) is 15.5. The minimum absolute atomic E-state index is 0.0243. The SMILES string of the molecule is O=C(NCc1ccc(CN2CCCC2)cc1)c1c[nH]c2ccc(F)cc2c1=O. The van der Waals surface area contributed by atoms with Crippen molar-refractivity contribution >= 4 is 16.8 Å². The number of likely N-dealkylation sites (tertiary alicyclic amines) is 1. The van der Waals surface area contributed by atoms with Gasteiger partial charge in [0.25, 0.3) is 5.91 Å². The van der Waals surface area contributed by atoms with Crippen molar-refractivity contribution in [2.75, 3.05) is 13.1 Å². The van der Waals surface area contributed by atoms with Gasteiger partial charge >= 0.3 is 0 Å². The van der Waals surface area contributed by atoms with Crippen LogP contribution < -0.4 is 10.7 Å². The number of hydrogen-bond donors (Lipinski definition) is 2. The fraction of sp³-hybridized carbons (Fsp3) is 0.273. The number of rotatable bonds is 5. The highest BCUT2D eigenvalue weighted by Crippen LogP contribution is 2.14. The van der Waals surface area contributed by atoms with E-state index in [-0.39, 0.29) is 10.9 Å². The molecule has 0 bridgehead atoms. The number of H-pyrrole nitrogens is 1. The van der Waals surface area contributed by atoms with Crippen molar-refractivity contribution in [3.63, 3.8) is 0 Å². The van der Waals surface area contributed by atoms with Crippen LogP contribution in [0.15, 0.2) is 53.5 Å². The van der Waals surface area contributed by atoms with Crippen molar-refractivity contribution in [1.82, 2.24) is 15.2 Å². The van der Waals surface area contributed by atoms with Crippen LogP contribution in [0, 0.1) is 5.82 Å². The molecule has 0 unspecified atom stereocenters. The average molecular weight is 379 g/mol. The van der Waals surface area contributed by atoms with E-state index in [0.29, 0.717) is 12.1 Å². The molecular weight excluding hydrogens is 357 g/mol. The molecule has 1 saturated heterocycles. The normalized spacial score (nSPS) is 14.5. The lowest BCUT2D eigenvalue weighted by molar-refractivity contribution is 0.0949. The molecule has 0 aliphatic carbocycles. The van der Waals surface area contributed by atoms with Gasteiger partial charge in [0.2, 0.25) is 5.43 Å². The fourth-order valence-electron chi connectivity index (χ4n) is 3.60. The Kier molecular flexibility index (Phi) is 5.21. The Balaban J connectivity index is 1.42. The standard InChI is InChI=1S/C22H22FN3O2/c23-17-7-8-20-18(11-17)21(27)19(13-24-20)22(28)25-12-15-3-5-16(6-4-15)14-26-9-1-2-10-26/h3-8,11,13H,1-2,9-10,12,14H2,(H,24,27)(H,25,28). The van der Waals surface area contributed by atoms with Crippen LogP contribution in [-0.2, 0) is 13.1 Å². The molecule has 1 fully saturated rings. The number of benzene rings is 2. The Morgan fingerprint density at radius 2 is 1.79 bits per heavy atom. The highest BCUT2D eigenvalue weighted by atomic mass is 19.1. The number of nitrogens with zero attached hydrogens (tertiary/aromatic N) is 1. The highest BCUT2D eigenvalue weighted by molar-refractivity contribution is 5.97. The molecule has 6 heteroatoms. The first-order valence-electron chi connectivity index (χ1n) is 9.49. The van der Waals surface area contributed by atoms with E-state index in [0.717, 1.165) is 31.3 Å². The third-order valence-corrected chi connectivity index (χ3v) is 5.17. The van der Waals surface area contributed by atoms with E-state index in [9.17, 15) is 14.0 Å². The Morgan fingerprint density at radius 1 is 1.07 bits per heavy atom. The van der Waals surface area contributed by atoms with Crippen molar-refractivity contribution in [2.45, 2.75) is 25.9 Å². The Bertz CT molecular complexity index is 1050. The second-order valence-electron chi connectivity index (χ2n) is 7.20. The summed E-state index contributed by atoms with van der Waals surface area (Å²) in [6, 6.07) is 12.0. The van der Waals surface area contributed by atoms with Gasteiger partial charge in [-0.05, 0) is 55.3 Å². The number of aromatic amines is 1. The van der Waals surface area contributed by atoms with E-state index in [1.807, 2.05) is 12.1 Å². The summed E-state index contributed by atoms with van der Waals surface area (Å²) in [6.45, 7) is 3.59. The molecule has 2 N–H and O–H groups in total. The third kappa shape index (κ3) is 3.97. The highest BCUT2D eigenvalue weighted by Gasteiger charge is 2.14. The summed E-state index contributed by atoms with van der Waals surface area (Å²) in [5.41, 5.74) is 2.21. The van der Waals surface area contributed by atoms with Crippen LogP contribution in [0.1, 0.15) is 34.3 Å². The first kappa shape index (κ1) is 18.4. The number of halogens is 1. The summed E-state index contributed by atoms with van der Waals surface area (Å²) < 4.78 is 13.4. The molecule has 1 aliphatic heterocycles. The number of carbonyl (C=O) groups is 1. The molecule has 4 rings (SSSR count). The zero-order chi connectivity index (χ0) is 19.5. The van der Waals surface area contributed by atoms with E-state index >= 15 is 0 Å². The number of aromatic nitrogens is 1. The molecule has 0 saturated carbocycles. The fourth-order valence-corrected chi connectivity index (χ4v) is 3.60. The Labute approximate surface area is 162 Å². The van der Waals surface area contributed by atoms with Gasteiger partial charge in [0, 0.05) is 30.2 Å². The molecule has 3 aromatic rings. The van der Waals surface area contributed by atoms with E-state index in [4.69, 9.17) is 0 Å². The zero-order valence-electron chi connectivity index (χ0n) is 15.5. The summed E-state index contributed by atoms with van der Waals surface area (Å²) in [5, 5.41) is 2.93. The van der Waals surface area contributed by atoms with Crippen LogP contribution in [0.5, 0.6) is 0 Å². The second-order valence-corrected chi connectivity index (χ2v) is 7.20. The van der Waals surface area contributed by atoms with Crippen LogP contribution in [0.3, 0.4) is 0 Å². The summed E-state index contributed by atoms with van der Waals surface area (Å²) in [4.78, 5) is 30.2. The first-order valence-corrected chi connectivity index (χ1v) is 9.49. The topological polar surface area (TPSA) is 65.2 Å². The number of hydrogen-bond acceptors (Lipinski definition) is 3. The van der Waals surface area contributed by atoms with Gasteiger partial charge in [-0.25, -0.2) is 4.39 Å². The lowest BCUT2D eigenvalue weighted by atomic mass is 10.1. The largest absolute Gasteiger partial charge is 0.360 e. The third-order valence-electron chi connectivity index (χ3n) is 5.17. The van der Waals surface area contributed by atoms with Gasteiger partial charge in [-0.2, -0.15) is 0 Å². The number of nitrogens with one attached hydrogen (secondary N) is 2. The van der Waals surface area contributed by atoms with Gasteiger partial charge in [-0.15, -0.1) is 0 Å². The molecule has 2 aromatic carbocycles. The van der Waals surface area contributed by atoms with Gasteiger partial charge in [0.05, 0.1) is 0 Å². The molecule has 1 aromatic heterocycles. The van der Waals surface area contributed by atoms with Crippen molar-refractivity contribution in [3.05, 3.63) is 81.4 Å². The molecule has 0 spiro atoms. The first-order chi connectivity index (χ1) is 13.6. The predicted octanol–water partition coefficient (Wildman–Crippen LogP) is 3.19. The molecule has 5 nitrogen and oxygen atoms in total. The Hall–Kier alpha value is -2.99. The molecule has 1 aliphatic rings. The maximum atomic E-state index is 13.4. The smallest absolute Gasteiger partial charge is 0.257 e. The van der Waals surface area contributed by atoms with Crippen molar-refractivity contribution < 1.29 is 9.18 Å². The lowest BCUT2D eigenvalue weighted by Crippen LogP contribution is -2.28. The summed E-state index contributed by atoms with van der Waals surface area (Å²) in [7, 11) is 0. The molecule has 2 heterocycles. The Morgan fingerprint density at radius 3 is 2.54 bits per heavy atom. The molecule has 0 atom stereocenters. The maximum Gasteiger partial charge on any atom is 0.257 e. The monoisotopic (exact) mass is 379 g/mol. The van der Waals surface area contributed by atoms with Gasteiger partial charge in [-0.3, -0.25) is 14.5 Å². The van der Waals surface area contributed by atoms with Crippen molar-refractivity contribution in [3.8, 4) is 0 Å². The van der Waals surface area contributed by atoms with E-state index in [1.165, 1.54) is 36.7 Å². The number of carbonyl (C=O) groups excluding carboxylic acids is 1. The van der Waals surface area contributed by atoms with Crippen LogP contribution >= 0.6 is 0 Å². The number of fused-ring (bicyclic) bond motifs is 1. The summed E-state index contributed by atoms with van der Waals surface area (Å²) in [6.07, 6.45) is 3.91. The van der Waals surface area contributed by atoms with Crippen LogP contribution in [0.2, 0.25) is 0 Å². The van der Waals surface area contributed by atoms with Gasteiger partial charge in [0.1, 0.15) is 11.4 Å². The van der Waals surface area contributed by atoms with E-state index in [1.54, 1.807) is 0 Å². The van der Waals surface area contributed by atoms with Crippen LogP contribution in [0.4, 0.5) is 4.39 Å². The summed E-state index contributed by atoms with van der Waals surface area (Å²) in [5.74, 6) is -0.988. The average Bonchev–Trinajstić information content (AvgIpc) is 3.21. The molecule has 28 heavy (non-hydrogen) atoms. The lowest BCUT2D eigenvalue weighted by Gasteiger charge is -2.14.